The lowest BCUT2D eigenvalue weighted by atomic mass is 10.1. The maximum absolute atomic E-state index is 12.5. The van der Waals surface area contributed by atoms with E-state index in [0.29, 0.717) is 25.3 Å². The first-order valence-electron chi connectivity index (χ1n) is 11.1. The molecular weight excluding hydrogens is 378 g/mol. The number of hydrogen-bond acceptors (Lipinski definition) is 5. The van der Waals surface area contributed by atoms with Gasteiger partial charge in [-0.2, -0.15) is 0 Å². The number of hydrogen-bond donors (Lipinski definition) is 1. The first-order valence-corrected chi connectivity index (χ1v) is 11.1. The molecular formula is C24H33N3O3. The van der Waals surface area contributed by atoms with Crippen molar-refractivity contribution in [3.63, 3.8) is 0 Å². The number of aromatic nitrogens is 1. The number of amides is 1. The average Bonchev–Trinajstić information content (AvgIpc) is 3.05. The molecule has 1 aromatic heterocycles. The summed E-state index contributed by atoms with van der Waals surface area (Å²) in [6, 6.07) is 9.75. The average molecular weight is 412 g/mol. The zero-order chi connectivity index (χ0) is 21.2. The van der Waals surface area contributed by atoms with E-state index in [-0.39, 0.29) is 5.91 Å². The molecule has 0 saturated carbocycles. The number of anilines is 1. The summed E-state index contributed by atoms with van der Waals surface area (Å²) in [7, 11) is 0. The van der Waals surface area contributed by atoms with Crippen LogP contribution in [0.5, 0.6) is 11.5 Å². The Labute approximate surface area is 179 Å². The van der Waals surface area contributed by atoms with Crippen molar-refractivity contribution in [1.29, 1.82) is 0 Å². The summed E-state index contributed by atoms with van der Waals surface area (Å²) in [6.45, 7) is 7.73. The van der Waals surface area contributed by atoms with E-state index in [1.165, 1.54) is 25.7 Å². The van der Waals surface area contributed by atoms with Gasteiger partial charge in [-0.15, -0.1) is 0 Å². The van der Waals surface area contributed by atoms with E-state index in [1.807, 2.05) is 44.2 Å². The molecule has 162 valence electrons. The fourth-order valence-corrected chi connectivity index (χ4v) is 3.68. The van der Waals surface area contributed by atoms with Gasteiger partial charge in [-0.3, -0.25) is 4.79 Å². The minimum atomic E-state index is -0.0964. The summed E-state index contributed by atoms with van der Waals surface area (Å²) in [4.78, 5) is 19.3. The van der Waals surface area contributed by atoms with Gasteiger partial charge in [-0.05, 0) is 62.9 Å². The molecule has 0 bridgehead atoms. The van der Waals surface area contributed by atoms with Crippen molar-refractivity contribution < 1.29 is 14.3 Å². The molecule has 0 aliphatic carbocycles. The quantitative estimate of drug-likeness (QED) is 0.669. The first-order chi connectivity index (χ1) is 14.7. The predicted octanol–water partition coefficient (Wildman–Crippen LogP) is 4.23. The largest absolute Gasteiger partial charge is 0.490 e. The van der Waals surface area contributed by atoms with Crippen LogP contribution in [0.4, 0.5) is 5.82 Å². The topological polar surface area (TPSA) is 63.7 Å². The smallest absolute Gasteiger partial charge is 0.252 e. The maximum Gasteiger partial charge on any atom is 0.252 e. The molecule has 1 N–H and O–H groups in total. The Balaban J connectivity index is 1.52. The van der Waals surface area contributed by atoms with Gasteiger partial charge in [0.2, 0.25) is 0 Å². The van der Waals surface area contributed by atoms with Crippen molar-refractivity contribution in [2.24, 2.45) is 0 Å². The molecule has 0 unspecified atom stereocenters. The van der Waals surface area contributed by atoms with Crippen molar-refractivity contribution in [3.8, 4) is 11.5 Å². The Morgan fingerprint density at radius 3 is 2.40 bits per heavy atom. The summed E-state index contributed by atoms with van der Waals surface area (Å²) in [5, 5.41) is 2.98. The van der Waals surface area contributed by atoms with Crippen molar-refractivity contribution in [2.75, 3.05) is 37.7 Å². The van der Waals surface area contributed by atoms with Crippen LogP contribution in [0, 0.1) is 0 Å². The van der Waals surface area contributed by atoms with Crippen molar-refractivity contribution >= 4 is 11.7 Å². The lowest BCUT2D eigenvalue weighted by Gasteiger charge is -2.21. The Bertz CT molecular complexity index is 800. The summed E-state index contributed by atoms with van der Waals surface area (Å²) in [5.74, 6) is 2.37. The van der Waals surface area contributed by atoms with Crippen LogP contribution >= 0.6 is 0 Å². The maximum atomic E-state index is 12.5. The number of rotatable bonds is 9. The SMILES string of the molecule is CCOc1ccc(CCNC(=O)c2ccc(N3CCCCCC3)nc2)cc1OCC. The Morgan fingerprint density at radius 1 is 1.00 bits per heavy atom. The van der Waals surface area contributed by atoms with E-state index in [1.54, 1.807) is 6.20 Å². The van der Waals surface area contributed by atoms with Crippen LogP contribution in [0.3, 0.4) is 0 Å². The van der Waals surface area contributed by atoms with Crippen LogP contribution in [-0.2, 0) is 6.42 Å². The van der Waals surface area contributed by atoms with E-state index in [2.05, 4.69) is 15.2 Å². The van der Waals surface area contributed by atoms with E-state index in [9.17, 15) is 4.79 Å². The highest BCUT2D eigenvalue weighted by Gasteiger charge is 2.13. The summed E-state index contributed by atoms with van der Waals surface area (Å²) in [6.07, 6.45) is 7.40. The zero-order valence-electron chi connectivity index (χ0n) is 18.2. The molecule has 0 spiro atoms. The molecule has 2 heterocycles. The second kappa shape index (κ2) is 11.4. The number of pyridine rings is 1. The molecule has 1 aromatic carbocycles. The van der Waals surface area contributed by atoms with E-state index in [0.717, 1.165) is 42.4 Å². The van der Waals surface area contributed by atoms with E-state index in [4.69, 9.17) is 9.47 Å². The molecule has 3 rings (SSSR count). The molecule has 2 aromatic rings. The molecule has 1 fully saturated rings. The van der Waals surface area contributed by atoms with Gasteiger partial charge in [0.1, 0.15) is 5.82 Å². The molecule has 0 atom stereocenters. The van der Waals surface area contributed by atoms with Crippen LogP contribution in [0.2, 0.25) is 0 Å². The minimum absolute atomic E-state index is 0.0964. The predicted molar refractivity (Wildman–Crippen MR) is 120 cm³/mol. The summed E-state index contributed by atoms with van der Waals surface area (Å²) < 4.78 is 11.3. The molecule has 6 heteroatoms. The van der Waals surface area contributed by atoms with Crippen LogP contribution < -0.4 is 19.7 Å². The fraction of sp³-hybridized carbons (Fsp3) is 0.500. The van der Waals surface area contributed by atoms with Gasteiger partial charge in [0.25, 0.3) is 5.91 Å². The first kappa shape index (κ1) is 21.9. The van der Waals surface area contributed by atoms with Gasteiger partial charge in [0, 0.05) is 25.8 Å². The number of nitrogens with one attached hydrogen (secondary N) is 1. The molecule has 30 heavy (non-hydrogen) atoms. The fourth-order valence-electron chi connectivity index (χ4n) is 3.68. The third-order valence-electron chi connectivity index (χ3n) is 5.25. The lowest BCUT2D eigenvalue weighted by Crippen LogP contribution is -2.27. The highest BCUT2D eigenvalue weighted by atomic mass is 16.5. The number of carbonyl (C=O) groups is 1. The molecule has 1 aliphatic heterocycles. The van der Waals surface area contributed by atoms with E-state index >= 15 is 0 Å². The van der Waals surface area contributed by atoms with Gasteiger partial charge in [-0.25, -0.2) is 4.98 Å². The molecule has 6 nitrogen and oxygen atoms in total. The lowest BCUT2D eigenvalue weighted by molar-refractivity contribution is 0.0954. The molecule has 1 amide bonds. The standard InChI is InChI=1S/C24H33N3O3/c1-3-29-21-11-9-19(17-22(21)30-4-2)13-14-25-24(28)20-10-12-23(26-18-20)27-15-7-5-6-8-16-27/h9-12,17-18H,3-8,13-16H2,1-2H3,(H,25,28). The van der Waals surface area contributed by atoms with Gasteiger partial charge in [-0.1, -0.05) is 18.9 Å². The van der Waals surface area contributed by atoms with Crippen LogP contribution in [0.1, 0.15) is 55.5 Å². The zero-order valence-corrected chi connectivity index (χ0v) is 18.2. The normalized spacial score (nSPS) is 14.1. The van der Waals surface area contributed by atoms with E-state index < -0.39 is 0 Å². The number of carbonyl (C=O) groups excluding carboxylic acids is 1. The monoisotopic (exact) mass is 411 g/mol. The third-order valence-corrected chi connectivity index (χ3v) is 5.25. The summed E-state index contributed by atoms with van der Waals surface area (Å²) >= 11 is 0. The number of ether oxygens (including phenoxy) is 2. The molecule has 1 saturated heterocycles. The highest BCUT2D eigenvalue weighted by Crippen LogP contribution is 2.28. The molecule has 0 radical (unpaired) electrons. The van der Waals surface area contributed by atoms with Gasteiger partial charge in [0.15, 0.2) is 11.5 Å². The second-order valence-corrected chi connectivity index (χ2v) is 7.46. The van der Waals surface area contributed by atoms with Crippen LogP contribution in [0.15, 0.2) is 36.5 Å². The highest BCUT2D eigenvalue weighted by molar-refractivity contribution is 5.94. The Kier molecular flexibility index (Phi) is 8.36. The summed E-state index contributed by atoms with van der Waals surface area (Å²) in [5.41, 5.74) is 1.69. The van der Waals surface area contributed by atoms with Crippen molar-refractivity contribution in [1.82, 2.24) is 10.3 Å². The van der Waals surface area contributed by atoms with Gasteiger partial charge < -0.3 is 19.7 Å². The Hall–Kier alpha value is -2.76. The number of benzene rings is 1. The van der Waals surface area contributed by atoms with Crippen molar-refractivity contribution in [2.45, 2.75) is 46.0 Å². The van der Waals surface area contributed by atoms with Crippen LogP contribution in [-0.4, -0.2) is 43.7 Å². The second-order valence-electron chi connectivity index (χ2n) is 7.46. The van der Waals surface area contributed by atoms with Crippen LogP contribution in [0.25, 0.3) is 0 Å². The van der Waals surface area contributed by atoms with Gasteiger partial charge >= 0.3 is 0 Å². The molecule has 1 aliphatic rings. The third kappa shape index (κ3) is 6.12. The van der Waals surface area contributed by atoms with Gasteiger partial charge in [0.05, 0.1) is 18.8 Å². The van der Waals surface area contributed by atoms with Crippen molar-refractivity contribution in [3.05, 3.63) is 47.7 Å². The minimum Gasteiger partial charge on any atom is -0.490 e. The number of nitrogens with zero attached hydrogens (tertiary/aromatic N) is 2. The Morgan fingerprint density at radius 2 is 1.73 bits per heavy atom.